The normalized spacial score (nSPS) is 20.2. The van der Waals surface area contributed by atoms with E-state index in [0.29, 0.717) is 17.7 Å². The molecule has 1 aliphatic heterocycles. The number of nitrogens with zero attached hydrogens (tertiary/aromatic N) is 3. The van der Waals surface area contributed by atoms with Crippen molar-refractivity contribution < 1.29 is 4.39 Å². The van der Waals surface area contributed by atoms with Crippen LogP contribution in [0.4, 0.5) is 16.2 Å². The van der Waals surface area contributed by atoms with Gasteiger partial charge >= 0.3 is 0 Å². The fourth-order valence-corrected chi connectivity index (χ4v) is 1.95. The van der Waals surface area contributed by atoms with Crippen LogP contribution in [0, 0.1) is 11.7 Å². The van der Waals surface area contributed by atoms with E-state index < -0.39 is 0 Å². The van der Waals surface area contributed by atoms with Gasteiger partial charge < -0.3 is 10.2 Å². The van der Waals surface area contributed by atoms with Crippen LogP contribution in [0.5, 0.6) is 0 Å². The summed E-state index contributed by atoms with van der Waals surface area (Å²) in [5.41, 5.74) is 0. The average Bonchev–Trinajstić information content (AvgIpc) is 2.68. The number of hydrogen-bond donors (Lipinski definition) is 1. The lowest BCUT2D eigenvalue weighted by Crippen LogP contribution is -2.22. The predicted molar refractivity (Wildman–Crippen MR) is 62.1 cm³/mol. The molecule has 0 aliphatic carbocycles. The van der Waals surface area contributed by atoms with Crippen molar-refractivity contribution in [2.24, 2.45) is 5.92 Å². The van der Waals surface area contributed by atoms with Gasteiger partial charge in [0.05, 0.1) is 6.20 Å². The maximum absolute atomic E-state index is 13.6. The van der Waals surface area contributed by atoms with Crippen LogP contribution in [-0.2, 0) is 0 Å². The summed E-state index contributed by atoms with van der Waals surface area (Å²) < 4.78 is 13.6. The van der Waals surface area contributed by atoms with Gasteiger partial charge in [-0.1, -0.05) is 6.92 Å². The molecule has 0 radical (unpaired) electrons. The summed E-state index contributed by atoms with van der Waals surface area (Å²) in [6, 6.07) is 0. The Morgan fingerprint density at radius 1 is 1.62 bits per heavy atom. The van der Waals surface area contributed by atoms with E-state index in [0.717, 1.165) is 26.1 Å². The van der Waals surface area contributed by atoms with E-state index >= 15 is 0 Å². The van der Waals surface area contributed by atoms with Crippen LogP contribution >= 0.6 is 0 Å². The van der Waals surface area contributed by atoms with Gasteiger partial charge in [-0.05, 0) is 19.3 Å². The first-order valence-electron chi connectivity index (χ1n) is 5.72. The fraction of sp³-hybridized carbons (Fsp3) is 0.636. The minimum atomic E-state index is -0.337. The first kappa shape index (κ1) is 11.1. The van der Waals surface area contributed by atoms with E-state index in [4.69, 9.17) is 0 Å². The summed E-state index contributed by atoms with van der Waals surface area (Å²) in [6.07, 6.45) is 2.34. The number of aromatic nitrogens is 2. The zero-order valence-electron chi connectivity index (χ0n) is 9.70. The van der Waals surface area contributed by atoms with E-state index in [1.165, 1.54) is 6.20 Å². The van der Waals surface area contributed by atoms with Crippen molar-refractivity contribution in [2.45, 2.75) is 20.3 Å². The molecule has 1 aliphatic rings. The lowest BCUT2D eigenvalue weighted by molar-refractivity contribution is 0.605. The van der Waals surface area contributed by atoms with E-state index in [1.807, 2.05) is 11.8 Å². The Bertz CT molecular complexity index is 369. The summed E-state index contributed by atoms with van der Waals surface area (Å²) in [7, 11) is 0. The first-order chi connectivity index (χ1) is 7.70. The van der Waals surface area contributed by atoms with Crippen LogP contribution in [0.1, 0.15) is 20.3 Å². The molecule has 1 fully saturated rings. The van der Waals surface area contributed by atoms with Gasteiger partial charge in [0.15, 0.2) is 11.6 Å². The van der Waals surface area contributed by atoms with Gasteiger partial charge in [-0.15, -0.1) is 0 Å². The van der Waals surface area contributed by atoms with Crippen LogP contribution < -0.4 is 10.2 Å². The first-order valence-corrected chi connectivity index (χ1v) is 5.72. The molecular formula is C11H17FN4. The Balaban J connectivity index is 2.21. The summed E-state index contributed by atoms with van der Waals surface area (Å²) in [5.74, 6) is 1.20. The third-order valence-corrected chi connectivity index (χ3v) is 2.78. The van der Waals surface area contributed by atoms with Crippen LogP contribution in [0.25, 0.3) is 0 Å². The van der Waals surface area contributed by atoms with E-state index in [9.17, 15) is 4.39 Å². The average molecular weight is 224 g/mol. The maximum atomic E-state index is 13.6. The van der Waals surface area contributed by atoms with Gasteiger partial charge in [-0.25, -0.2) is 9.37 Å². The minimum Gasteiger partial charge on any atom is -0.354 e. The maximum Gasteiger partial charge on any atom is 0.224 e. The smallest absolute Gasteiger partial charge is 0.224 e. The monoisotopic (exact) mass is 224 g/mol. The van der Waals surface area contributed by atoms with E-state index in [1.54, 1.807) is 0 Å². The van der Waals surface area contributed by atoms with Crippen molar-refractivity contribution in [3.63, 3.8) is 0 Å². The lowest BCUT2D eigenvalue weighted by Gasteiger charge is -2.17. The highest BCUT2D eigenvalue weighted by atomic mass is 19.1. The third kappa shape index (κ3) is 2.23. The number of hydrogen-bond acceptors (Lipinski definition) is 4. The Labute approximate surface area is 94.9 Å². The Morgan fingerprint density at radius 2 is 2.44 bits per heavy atom. The molecule has 4 nitrogen and oxygen atoms in total. The molecule has 16 heavy (non-hydrogen) atoms. The molecule has 1 N–H and O–H groups in total. The number of halogens is 1. The zero-order chi connectivity index (χ0) is 11.5. The lowest BCUT2D eigenvalue weighted by atomic mass is 10.2. The van der Waals surface area contributed by atoms with Gasteiger partial charge in [0.2, 0.25) is 5.95 Å². The van der Waals surface area contributed by atoms with Gasteiger partial charge in [0, 0.05) is 19.6 Å². The predicted octanol–water partition coefficient (Wildman–Crippen LogP) is 1.89. The van der Waals surface area contributed by atoms with Gasteiger partial charge in [0.25, 0.3) is 0 Å². The Morgan fingerprint density at radius 3 is 3.06 bits per heavy atom. The molecule has 1 saturated heterocycles. The molecule has 88 valence electrons. The fourth-order valence-electron chi connectivity index (χ4n) is 1.95. The van der Waals surface area contributed by atoms with Crippen LogP contribution in [0.15, 0.2) is 6.20 Å². The highest BCUT2D eigenvalue weighted by Crippen LogP contribution is 2.24. The standard InChI is InChI=1S/C11H17FN4/c1-3-13-11-14-6-9(12)10(15-11)16-5-4-8(2)7-16/h6,8H,3-5,7H2,1-2H3,(H,13,14,15). The molecule has 5 heteroatoms. The largest absolute Gasteiger partial charge is 0.354 e. The summed E-state index contributed by atoms with van der Waals surface area (Å²) in [5, 5.41) is 2.99. The van der Waals surface area contributed by atoms with E-state index in [-0.39, 0.29) is 5.82 Å². The molecule has 0 amide bonds. The van der Waals surface area contributed by atoms with Crippen molar-refractivity contribution in [1.82, 2.24) is 9.97 Å². The molecule has 1 aromatic heterocycles. The van der Waals surface area contributed by atoms with Crippen molar-refractivity contribution in [2.75, 3.05) is 29.9 Å². The van der Waals surface area contributed by atoms with Crippen LogP contribution in [0.2, 0.25) is 0 Å². The summed E-state index contributed by atoms with van der Waals surface area (Å²) >= 11 is 0. The number of rotatable bonds is 3. The molecule has 2 rings (SSSR count). The molecule has 1 aromatic rings. The van der Waals surface area contributed by atoms with E-state index in [2.05, 4.69) is 22.2 Å². The molecular weight excluding hydrogens is 207 g/mol. The molecule has 1 unspecified atom stereocenters. The summed E-state index contributed by atoms with van der Waals surface area (Å²) in [6.45, 7) is 6.62. The zero-order valence-corrected chi connectivity index (χ0v) is 9.70. The molecule has 0 aromatic carbocycles. The van der Waals surface area contributed by atoms with Crippen molar-refractivity contribution in [1.29, 1.82) is 0 Å². The SMILES string of the molecule is CCNc1ncc(F)c(N2CCC(C)C2)n1. The Kier molecular flexibility index (Phi) is 3.22. The van der Waals surface area contributed by atoms with Crippen LogP contribution in [0.3, 0.4) is 0 Å². The quantitative estimate of drug-likeness (QED) is 0.851. The van der Waals surface area contributed by atoms with Gasteiger partial charge in [-0.2, -0.15) is 4.98 Å². The summed E-state index contributed by atoms with van der Waals surface area (Å²) in [4.78, 5) is 10.1. The highest BCUT2D eigenvalue weighted by Gasteiger charge is 2.23. The van der Waals surface area contributed by atoms with Crippen molar-refractivity contribution >= 4 is 11.8 Å². The molecule has 1 atom stereocenters. The topological polar surface area (TPSA) is 41.1 Å². The second-order valence-corrected chi connectivity index (χ2v) is 4.24. The third-order valence-electron chi connectivity index (χ3n) is 2.78. The van der Waals surface area contributed by atoms with Crippen molar-refractivity contribution in [3.8, 4) is 0 Å². The number of anilines is 2. The van der Waals surface area contributed by atoms with Crippen LogP contribution in [-0.4, -0.2) is 29.6 Å². The molecule has 0 spiro atoms. The molecule has 0 saturated carbocycles. The second-order valence-electron chi connectivity index (χ2n) is 4.24. The number of nitrogens with one attached hydrogen (secondary N) is 1. The van der Waals surface area contributed by atoms with Gasteiger partial charge in [-0.3, -0.25) is 0 Å². The van der Waals surface area contributed by atoms with Crippen molar-refractivity contribution in [3.05, 3.63) is 12.0 Å². The molecule has 0 bridgehead atoms. The molecule has 2 heterocycles. The van der Waals surface area contributed by atoms with Gasteiger partial charge in [0.1, 0.15) is 0 Å². The Hall–Kier alpha value is -1.39. The highest BCUT2D eigenvalue weighted by molar-refractivity contribution is 5.44. The second kappa shape index (κ2) is 4.63. The minimum absolute atomic E-state index is 0.337.